The second-order valence-corrected chi connectivity index (χ2v) is 4.88. The molecular weight excluding hydrogens is 282 g/mol. The van der Waals surface area contributed by atoms with E-state index < -0.39 is 37.3 Å². The fourth-order valence-corrected chi connectivity index (χ4v) is 2.47. The lowest BCUT2D eigenvalue weighted by Gasteiger charge is -2.27. The summed E-state index contributed by atoms with van der Waals surface area (Å²) in [6.07, 6.45) is -1.12. The molecule has 0 spiro atoms. The van der Waals surface area contributed by atoms with Gasteiger partial charge in [0.2, 0.25) is 0 Å². The molecular formula is C11H15N5O5. The Labute approximate surface area is 118 Å². The molecule has 4 atom stereocenters. The molecule has 10 heteroatoms. The largest absolute Gasteiger partial charge is 0.394 e. The summed E-state index contributed by atoms with van der Waals surface area (Å²) in [4.78, 5) is 11.9. The molecule has 1 aliphatic heterocycles. The van der Waals surface area contributed by atoms with Crippen molar-refractivity contribution in [1.29, 1.82) is 0 Å². The molecule has 6 N–H and O–H groups in total. The Morgan fingerprint density at radius 3 is 2.71 bits per heavy atom. The fourth-order valence-electron chi connectivity index (χ4n) is 2.47. The Kier molecular flexibility index (Phi) is 3.26. The molecule has 0 aromatic carbocycles. The van der Waals surface area contributed by atoms with E-state index in [0.29, 0.717) is 11.2 Å². The fraction of sp³-hybridized carbons (Fsp3) is 0.545. The van der Waals surface area contributed by atoms with Crippen molar-refractivity contribution in [1.82, 2.24) is 19.5 Å². The summed E-state index contributed by atoms with van der Waals surface area (Å²) in [5, 5.41) is 39.0. The lowest BCUT2D eigenvalue weighted by Crippen LogP contribution is -2.52. The third kappa shape index (κ3) is 1.88. The van der Waals surface area contributed by atoms with Gasteiger partial charge >= 0.3 is 0 Å². The van der Waals surface area contributed by atoms with Crippen molar-refractivity contribution in [3.63, 3.8) is 0 Å². The average Bonchev–Trinajstić information content (AvgIpc) is 3.01. The number of aliphatic hydroxyl groups is 4. The van der Waals surface area contributed by atoms with E-state index in [1.165, 1.54) is 17.2 Å². The molecule has 21 heavy (non-hydrogen) atoms. The topological polar surface area (TPSA) is 160 Å². The number of nitrogens with zero attached hydrogens (tertiary/aromatic N) is 4. The quantitative estimate of drug-likeness (QED) is 0.408. The summed E-state index contributed by atoms with van der Waals surface area (Å²) in [5.41, 5.74) is 4.34. The minimum atomic E-state index is -1.98. The first-order chi connectivity index (χ1) is 10.0. The van der Waals surface area contributed by atoms with E-state index in [1.807, 2.05) is 0 Å². The highest BCUT2D eigenvalue weighted by molar-refractivity contribution is 5.81. The number of aliphatic hydroxyl groups excluding tert-OH is 3. The Balaban J connectivity index is 2.06. The third-order valence-electron chi connectivity index (χ3n) is 3.72. The van der Waals surface area contributed by atoms with Crippen molar-refractivity contribution in [2.24, 2.45) is 0 Å². The number of hydrogen-bond acceptors (Lipinski definition) is 9. The molecule has 10 nitrogen and oxygen atoms in total. The van der Waals surface area contributed by atoms with Crippen LogP contribution in [0.25, 0.3) is 11.2 Å². The summed E-state index contributed by atoms with van der Waals surface area (Å²) in [6, 6.07) is 0. The Morgan fingerprint density at radius 2 is 2.10 bits per heavy atom. The van der Waals surface area contributed by atoms with Crippen LogP contribution < -0.4 is 5.73 Å². The average molecular weight is 297 g/mol. The monoisotopic (exact) mass is 297 g/mol. The Hall–Kier alpha value is -1.85. The molecule has 3 heterocycles. The first kappa shape index (κ1) is 14.1. The number of anilines is 1. The van der Waals surface area contributed by atoms with Gasteiger partial charge < -0.3 is 30.9 Å². The number of nitrogens with two attached hydrogens (primary N) is 1. The molecule has 0 aliphatic carbocycles. The van der Waals surface area contributed by atoms with Crippen LogP contribution in [0.2, 0.25) is 0 Å². The molecule has 3 rings (SSSR count). The molecule has 1 saturated heterocycles. The van der Waals surface area contributed by atoms with Gasteiger partial charge in [-0.3, -0.25) is 4.57 Å². The van der Waals surface area contributed by atoms with Gasteiger partial charge in [0.1, 0.15) is 29.7 Å². The van der Waals surface area contributed by atoms with Crippen molar-refractivity contribution in [3.05, 3.63) is 12.7 Å². The van der Waals surface area contributed by atoms with Crippen LogP contribution in [-0.4, -0.2) is 71.0 Å². The van der Waals surface area contributed by atoms with Crippen LogP contribution in [0, 0.1) is 0 Å². The highest BCUT2D eigenvalue weighted by Gasteiger charge is 2.55. The lowest BCUT2D eigenvalue weighted by molar-refractivity contribution is -0.119. The third-order valence-corrected chi connectivity index (χ3v) is 3.72. The van der Waals surface area contributed by atoms with E-state index in [1.54, 1.807) is 0 Å². The SMILES string of the molecule is Nc1ncnc2c1ncn2[C@@H]1O[C@H](CO)[C@@](O)(CO)[C@H]1O. The summed E-state index contributed by atoms with van der Waals surface area (Å²) in [7, 11) is 0. The van der Waals surface area contributed by atoms with E-state index in [2.05, 4.69) is 15.0 Å². The number of nitrogen functional groups attached to an aromatic ring is 1. The van der Waals surface area contributed by atoms with Crippen molar-refractivity contribution in [2.75, 3.05) is 18.9 Å². The second-order valence-electron chi connectivity index (χ2n) is 4.88. The second kappa shape index (κ2) is 4.86. The Morgan fingerprint density at radius 1 is 1.33 bits per heavy atom. The van der Waals surface area contributed by atoms with Crippen molar-refractivity contribution >= 4 is 17.0 Å². The van der Waals surface area contributed by atoms with Crippen LogP contribution in [0.3, 0.4) is 0 Å². The van der Waals surface area contributed by atoms with Crippen LogP contribution >= 0.6 is 0 Å². The molecule has 0 unspecified atom stereocenters. The standard InChI is InChI=1S/C11H15N5O5/c12-8-6-9(14-3-13-8)16(4-15-6)10-7(19)11(20,2-18)5(1-17)21-10/h3-5,7,10,17-20H,1-2H2,(H2,12,13,14)/t5-,7+,10-,11+/m1/s1. The molecule has 0 amide bonds. The van der Waals surface area contributed by atoms with Gasteiger partial charge in [0.25, 0.3) is 0 Å². The minimum absolute atomic E-state index is 0.169. The molecule has 2 aromatic rings. The van der Waals surface area contributed by atoms with Crippen LogP contribution in [0.15, 0.2) is 12.7 Å². The van der Waals surface area contributed by atoms with Crippen LogP contribution in [0.5, 0.6) is 0 Å². The van der Waals surface area contributed by atoms with Gasteiger partial charge in [-0.05, 0) is 0 Å². The highest BCUT2D eigenvalue weighted by atomic mass is 16.6. The van der Waals surface area contributed by atoms with Crippen LogP contribution in [-0.2, 0) is 4.74 Å². The van der Waals surface area contributed by atoms with E-state index in [-0.39, 0.29) is 5.82 Å². The molecule has 2 aromatic heterocycles. The van der Waals surface area contributed by atoms with Gasteiger partial charge in [0.05, 0.1) is 19.5 Å². The van der Waals surface area contributed by atoms with Crippen LogP contribution in [0.4, 0.5) is 5.82 Å². The lowest BCUT2D eigenvalue weighted by atomic mass is 9.93. The zero-order valence-corrected chi connectivity index (χ0v) is 10.9. The van der Waals surface area contributed by atoms with Crippen molar-refractivity contribution < 1.29 is 25.2 Å². The number of hydrogen-bond donors (Lipinski definition) is 5. The van der Waals surface area contributed by atoms with Crippen LogP contribution in [0.1, 0.15) is 6.23 Å². The predicted molar refractivity (Wildman–Crippen MR) is 68.8 cm³/mol. The number of aromatic nitrogens is 4. The maximum atomic E-state index is 10.2. The molecule has 1 fully saturated rings. The van der Waals surface area contributed by atoms with Crippen molar-refractivity contribution in [3.8, 4) is 0 Å². The minimum Gasteiger partial charge on any atom is -0.394 e. The molecule has 0 saturated carbocycles. The maximum absolute atomic E-state index is 10.2. The van der Waals surface area contributed by atoms with Gasteiger partial charge in [-0.25, -0.2) is 15.0 Å². The van der Waals surface area contributed by atoms with Gasteiger partial charge in [-0.15, -0.1) is 0 Å². The first-order valence-corrected chi connectivity index (χ1v) is 6.23. The molecule has 0 radical (unpaired) electrons. The van der Waals surface area contributed by atoms with Gasteiger partial charge in [-0.1, -0.05) is 0 Å². The summed E-state index contributed by atoms with van der Waals surface area (Å²) < 4.78 is 6.80. The molecule has 114 valence electrons. The normalized spacial score (nSPS) is 32.9. The molecule has 0 bridgehead atoms. The van der Waals surface area contributed by atoms with E-state index in [9.17, 15) is 20.4 Å². The zero-order valence-electron chi connectivity index (χ0n) is 10.9. The van der Waals surface area contributed by atoms with Gasteiger partial charge in [-0.2, -0.15) is 0 Å². The van der Waals surface area contributed by atoms with Crippen molar-refractivity contribution in [2.45, 2.75) is 24.0 Å². The Bertz CT molecular complexity index is 663. The number of imidazole rings is 1. The van der Waals surface area contributed by atoms with E-state index in [4.69, 9.17) is 10.5 Å². The van der Waals surface area contributed by atoms with E-state index in [0.717, 1.165) is 0 Å². The predicted octanol–water partition coefficient (Wildman–Crippen LogP) is -2.62. The zero-order chi connectivity index (χ0) is 15.2. The summed E-state index contributed by atoms with van der Waals surface area (Å²) >= 11 is 0. The smallest absolute Gasteiger partial charge is 0.167 e. The number of ether oxygens (including phenoxy) is 1. The first-order valence-electron chi connectivity index (χ1n) is 6.23. The number of rotatable bonds is 3. The van der Waals surface area contributed by atoms with Gasteiger partial charge in [0.15, 0.2) is 17.7 Å². The maximum Gasteiger partial charge on any atom is 0.167 e. The highest BCUT2D eigenvalue weighted by Crippen LogP contribution is 2.38. The molecule has 1 aliphatic rings. The number of fused-ring (bicyclic) bond motifs is 1. The van der Waals surface area contributed by atoms with E-state index >= 15 is 0 Å². The van der Waals surface area contributed by atoms with Gasteiger partial charge in [0, 0.05) is 0 Å². The summed E-state index contributed by atoms with van der Waals surface area (Å²) in [5.74, 6) is 0.169. The summed E-state index contributed by atoms with van der Waals surface area (Å²) in [6.45, 7) is -1.33.